The van der Waals surface area contributed by atoms with Gasteiger partial charge in [0.05, 0.1) is 6.04 Å². The molecule has 0 radical (unpaired) electrons. The van der Waals surface area contributed by atoms with E-state index < -0.39 is 0 Å². The molecule has 3 nitrogen and oxygen atoms in total. The Bertz CT molecular complexity index is 324. The van der Waals surface area contributed by atoms with Gasteiger partial charge < -0.3 is 10.6 Å². The summed E-state index contributed by atoms with van der Waals surface area (Å²) in [6, 6.07) is 10.1. The molecule has 0 bridgehead atoms. The van der Waals surface area contributed by atoms with Gasteiger partial charge in [-0.25, -0.2) is 4.79 Å². The van der Waals surface area contributed by atoms with Crippen molar-refractivity contribution in [3.8, 4) is 0 Å². The number of nitrogens with one attached hydrogen (secondary N) is 2. The van der Waals surface area contributed by atoms with Gasteiger partial charge in [0, 0.05) is 6.54 Å². The predicted molar refractivity (Wildman–Crippen MR) is 70.9 cm³/mol. The third-order valence-electron chi connectivity index (χ3n) is 2.73. The van der Waals surface area contributed by atoms with E-state index in [4.69, 9.17) is 0 Å². The average molecular weight is 234 g/mol. The molecule has 2 amide bonds. The molecular formula is C14H22N2O. The lowest BCUT2D eigenvalue weighted by Gasteiger charge is -2.17. The maximum absolute atomic E-state index is 11.6. The van der Waals surface area contributed by atoms with Crippen molar-refractivity contribution in [3.05, 3.63) is 35.9 Å². The highest BCUT2D eigenvalue weighted by atomic mass is 16.2. The Kier molecular flexibility index (Phi) is 6.15. The van der Waals surface area contributed by atoms with E-state index in [1.54, 1.807) is 0 Å². The largest absolute Gasteiger partial charge is 0.338 e. The van der Waals surface area contributed by atoms with Crippen LogP contribution in [0.3, 0.4) is 0 Å². The Morgan fingerprint density at radius 1 is 1.24 bits per heavy atom. The lowest BCUT2D eigenvalue weighted by Crippen LogP contribution is -2.38. The monoisotopic (exact) mass is 234 g/mol. The van der Waals surface area contributed by atoms with E-state index in [0.717, 1.165) is 31.4 Å². The number of rotatable bonds is 6. The lowest BCUT2D eigenvalue weighted by molar-refractivity contribution is 0.236. The fraction of sp³-hybridized carbons (Fsp3) is 0.500. The van der Waals surface area contributed by atoms with E-state index in [0.29, 0.717) is 0 Å². The number of carbonyl (C=O) groups is 1. The zero-order chi connectivity index (χ0) is 12.5. The van der Waals surface area contributed by atoms with Gasteiger partial charge in [0.25, 0.3) is 0 Å². The van der Waals surface area contributed by atoms with Gasteiger partial charge in [0.1, 0.15) is 0 Å². The Morgan fingerprint density at radius 2 is 1.94 bits per heavy atom. The molecule has 17 heavy (non-hydrogen) atoms. The van der Waals surface area contributed by atoms with Crippen molar-refractivity contribution in [1.82, 2.24) is 10.6 Å². The highest BCUT2D eigenvalue weighted by Gasteiger charge is 2.11. The van der Waals surface area contributed by atoms with Crippen molar-refractivity contribution in [2.24, 2.45) is 0 Å². The fourth-order valence-corrected chi connectivity index (χ4v) is 1.69. The summed E-state index contributed by atoms with van der Waals surface area (Å²) in [5, 5.41) is 5.86. The van der Waals surface area contributed by atoms with Crippen molar-refractivity contribution < 1.29 is 4.79 Å². The van der Waals surface area contributed by atoms with Crippen LogP contribution in [-0.4, -0.2) is 12.6 Å². The number of amides is 2. The van der Waals surface area contributed by atoms with Crippen molar-refractivity contribution in [1.29, 1.82) is 0 Å². The molecule has 94 valence electrons. The second-order valence-corrected chi connectivity index (χ2v) is 4.13. The third kappa shape index (κ3) is 4.89. The molecule has 0 aliphatic rings. The first-order valence-corrected chi connectivity index (χ1v) is 6.37. The van der Waals surface area contributed by atoms with Crippen LogP contribution in [0.2, 0.25) is 0 Å². The molecule has 0 saturated heterocycles. The van der Waals surface area contributed by atoms with Crippen LogP contribution in [-0.2, 0) is 0 Å². The number of hydrogen-bond acceptors (Lipinski definition) is 1. The molecule has 1 aromatic rings. The van der Waals surface area contributed by atoms with Crippen LogP contribution >= 0.6 is 0 Å². The minimum absolute atomic E-state index is 0.0749. The van der Waals surface area contributed by atoms with E-state index in [9.17, 15) is 4.79 Å². The predicted octanol–water partition coefficient (Wildman–Crippen LogP) is 3.24. The molecule has 0 aliphatic heterocycles. The first kappa shape index (κ1) is 13.6. The van der Waals surface area contributed by atoms with Crippen LogP contribution in [0.15, 0.2) is 30.3 Å². The van der Waals surface area contributed by atoms with Gasteiger partial charge in [-0.1, -0.05) is 50.6 Å². The van der Waals surface area contributed by atoms with Crippen molar-refractivity contribution in [2.45, 2.75) is 39.2 Å². The molecule has 0 saturated carbocycles. The summed E-state index contributed by atoms with van der Waals surface area (Å²) < 4.78 is 0. The molecule has 0 spiro atoms. The Labute approximate surface area is 104 Å². The van der Waals surface area contributed by atoms with Crippen molar-refractivity contribution in [2.75, 3.05) is 6.54 Å². The van der Waals surface area contributed by atoms with E-state index in [1.807, 2.05) is 30.3 Å². The van der Waals surface area contributed by atoms with Gasteiger partial charge in [0.2, 0.25) is 0 Å². The second-order valence-electron chi connectivity index (χ2n) is 4.13. The topological polar surface area (TPSA) is 41.1 Å². The second kappa shape index (κ2) is 7.71. The van der Waals surface area contributed by atoms with Crippen LogP contribution in [0, 0.1) is 0 Å². The van der Waals surface area contributed by atoms with Crippen LogP contribution in [0.25, 0.3) is 0 Å². The van der Waals surface area contributed by atoms with Gasteiger partial charge in [0.15, 0.2) is 0 Å². The number of carbonyl (C=O) groups excluding carboxylic acids is 1. The number of unbranched alkanes of at least 4 members (excludes halogenated alkanes) is 1. The average Bonchev–Trinajstić information content (AvgIpc) is 2.37. The molecule has 0 aromatic heterocycles. The van der Waals surface area contributed by atoms with Gasteiger partial charge in [-0.3, -0.25) is 0 Å². The maximum atomic E-state index is 11.6. The van der Waals surface area contributed by atoms with E-state index >= 15 is 0 Å². The zero-order valence-corrected chi connectivity index (χ0v) is 10.7. The molecule has 1 atom stereocenters. The normalized spacial score (nSPS) is 11.9. The summed E-state index contributed by atoms with van der Waals surface area (Å²) in [6.45, 7) is 4.93. The lowest BCUT2D eigenvalue weighted by atomic mass is 10.1. The molecule has 1 unspecified atom stereocenters. The Morgan fingerprint density at radius 3 is 2.53 bits per heavy atom. The summed E-state index contributed by atoms with van der Waals surface area (Å²) in [7, 11) is 0. The van der Waals surface area contributed by atoms with Crippen LogP contribution in [0.4, 0.5) is 4.79 Å². The quantitative estimate of drug-likeness (QED) is 0.729. The summed E-state index contributed by atoms with van der Waals surface area (Å²) in [6.07, 6.45) is 3.01. The van der Waals surface area contributed by atoms with E-state index in [-0.39, 0.29) is 12.1 Å². The smallest absolute Gasteiger partial charge is 0.315 e. The molecule has 0 aliphatic carbocycles. The highest BCUT2D eigenvalue weighted by Crippen LogP contribution is 2.15. The zero-order valence-electron chi connectivity index (χ0n) is 10.7. The summed E-state index contributed by atoms with van der Waals surface area (Å²) >= 11 is 0. The van der Waals surface area contributed by atoms with Gasteiger partial charge in [-0.15, -0.1) is 0 Å². The van der Waals surface area contributed by atoms with Crippen molar-refractivity contribution >= 4 is 6.03 Å². The molecule has 0 fully saturated rings. The Hall–Kier alpha value is -1.51. The highest BCUT2D eigenvalue weighted by molar-refractivity contribution is 5.74. The van der Waals surface area contributed by atoms with Crippen LogP contribution in [0.5, 0.6) is 0 Å². The molecule has 0 heterocycles. The van der Waals surface area contributed by atoms with E-state index in [2.05, 4.69) is 24.5 Å². The number of benzene rings is 1. The van der Waals surface area contributed by atoms with Crippen LogP contribution < -0.4 is 10.6 Å². The standard InChI is InChI=1S/C14H22N2O/c1-3-5-11-15-14(17)16-13(4-2)12-9-7-6-8-10-12/h6-10,13H,3-5,11H2,1-2H3,(H2,15,16,17). The third-order valence-corrected chi connectivity index (χ3v) is 2.73. The maximum Gasteiger partial charge on any atom is 0.315 e. The molecular weight excluding hydrogens is 212 g/mol. The first-order chi connectivity index (χ1) is 8.27. The molecule has 2 N–H and O–H groups in total. The van der Waals surface area contributed by atoms with Gasteiger partial charge in [-0.2, -0.15) is 0 Å². The minimum atomic E-state index is -0.0749. The van der Waals surface area contributed by atoms with E-state index in [1.165, 1.54) is 0 Å². The molecule has 1 rings (SSSR count). The van der Waals surface area contributed by atoms with Crippen LogP contribution in [0.1, 0.15) is 44.7 Å². The number of urea groups is 1. The fourth-order valence-electron chi connectivity index (χ4n) is 1.69. The van der Waals surface area contributed by atoms with Crippen molar-refractivity contribution in [3.63, 3.8) is 0 Å². The summed E-state index contributed by atoms with van der Waals surface area (Å²) in [5.41, 5.74) is 1.15. The Balaban J connectivity index is 2.44. The molecule has 1 aromatic carbocycles. The molecule has 3 heteroatoms. The summed E-state index contributed by atoms with van der Waals surface area (Å²) in [5.74, 6) is 0. The SMILES string of the molecule is CCCCNC(=O)NC(CC)c1ccccc1. The van der Waals surface area contributed by atoms with Gasteiger partial charge >= 0.3 is 6.03 Å². The first-order valence-electron chi connectivity index (χ1n) is 6.37. The van der Waals surface area contributed by atoms with Gasteiger partial charge in [-0.05, 0) is 18.4 Å². The number of hydrogen-bond donors (Lipinski definition) is 2. The minimum Gasteiger partial charge on any atom is -0.338 e. The summed E-state index contributed by atoms with van der Waals surface area (Å²) in [4.78, 5) is 11.6.